The van der Waals surface area contributed by atoms with Crippen LogP contribution in [0.25, 0.3) is 10.9 Å². The predicted molar refractivity (Wildman–Crippen MR) is 102 cm³/mol. The van der Waals surface area contributed by atoms with E-state index in [-0.39, 0.29) is 0 Å². The van der Waals surface area contributed by atoms with Gasteiger partial charge in [-0.15, -0.1) is 0 Å². The Kier molecular flexibility index (Phi) is 4.05. The Hall–Kier alpha value is -2.47. The minimum Gasteiger partial charge on any atom is -0.369 e. The first-order valence-corrected chi connectivity index (χ1v) is 9.58. The molecule has 1 saturated heterocycles. The van der Waals surface area contributed by atoms with E-state index >= 15 is 0 Å². The van der Waals surface area contributed by atoms with Crippen LogP contribution in [-0.2, 0) is 19.5 Å². The van der Waals surface area contributed by atoms with Gasteiger partial charge in [0.25, 0.3) is 0 Å². The van der Waals surface area contributed by atoms with Gasteiger partial charge in [-0.1, -0.05) is 0 Å². The van der Waals surface area contributed by atoms with E-state index in [1.165, 1.54) is 36.3 Å². The van der Waals surface area contributed by atoms with Crippen LogP contribution in [0, 0.1) is 0 Å². The van der Waals surface area contributed by atoms with E-state index in [0.717, 1.165) is 50.2 Å². The molecule has 0 unspecified atom stereocenters. The minimum absolute atomic E-state index is 0.972. The number of nitrogens with zero attached hydrogens (tertiary/aromatic N) is 6. The molecule has 2 aliphatic rings. The molecule has 1 aromatic carbocycles. The highest BCUT2D eigenvalue weighted by Gasteiger charge is 2.20. The van der Waals surface area contributed by atoms with E-state index in [4.69, 9.17) is 5.10 Å². The summed E-state index contributed by atoms with van der Waals surface area (Å²) in [5.74, 6) is 0. The molecule has 1 fully saturated rings. The number of aromatic nitrogens is 4. The van der Waals surface area contributed by atoms with Crippen LogP contribution in [0.4, 0.5) is 5.69 Å². The Morgan fingerprint density at radius 1 is 0.962 bits per heavy atom. The van der Waals surface area contributed by atoms with E-state index in [1.54, 1.807) is 6.33 Å². The number of rotatable bonds is 3. The summed E-state index contributed by atoms with van der Waals surface area (Å²) in [7, 11) is 0. The summed E-state index contributed by atoms with van der Waals surface area (Å²) < 4.78 is 2.21. The van der Waals surface area contributed by atoms with E-state index < -0.39 is 0 Å². The molecule has 0 radical (unpaired) electrons. The number of fused-ring (bicyclic) bond motifs is 2. The zero-order valence-electron chi connectivity index (χ0n) is 15.0. The smallest absolute Gasteiger partial charge is 0.116 e. The Morgan fingerprint density at radius 3 is 2.77 bits per heavy atom. The van der Waals surface area contributed by atoms with Crippen molar-refractivity contribution in [2.24, 2.45) is 0 Å². The number of hydrogen-bond donors (Lipinski definition) is 0. The summed E-state index contributed by atoms with van der Waals surface area (Å²) >= 11 is 0. The molecule has 3 aromatic rings. The standard InChI is InChI=1S/C20H24N6/c1-2-6-26-19(3-1)12-17(23-26)14-24-7-9-25(10-8-24)18-4-5-20-16(11-18)13-21-15-22-20/h4-5,11-13,15H,1-3,6-10,14H2. The first-order valence-electron chi connectivity index (χ1n) is 9.58. The van der Waals surface area contributed by atoms with Gasteiger partial charge in [-0.2, -0.15) is 5.10 Å². The first-order chi connectivity index (χ1) is 12.8. The van der Waals surface area contributed by atoms with Gasteiger partial charge in [0.2, 0.25) is 0 Å². The summed E-state index contributed by atoms with van der Waals surface area (Å²) in [6.07, 6.45) is 7.26. The van der Waals surface area contributed by atoms with Crippen LogP contribution in [0.2, 0.25) is 0 Å². The Bertz CT molecular complexity index is 886. The lowest BCUT2D eigenvalue weighted by molar-refractivity contribution is 0.246. The van der Waals surface area contributed by atoms with Gasteiger partial charge in [-0.25, -0.2) is 9.97 Å². The molecule has 0 atom stereocenters. The third-order valence-corrected chi connectivity index (χ3v) is 5.58. The van der Waals surface area contributed by atoms with Crippen molar-refractivity contribution >= 4 is 16.6 Å². The monoisotopic (exact) mass is 348 g/mol. The van der Waals surface area contributed by atoms with Crippen molar-refractivity contribution < 1.29 is 0 Å². The van der Waals surface area contributed by atoms with Crippen LogP contribution in [0.1, 0.15) is 24.2 Å². The van der Waals surface area contributed by atoms with Gasteiger partial charge < -0.3 is 4.90 Å². The molecule has 134 valence electrons. The molecule has 26 heavy (non-hydrogen) atoms. The highest BCUT2D eigenvalue weighted by molar-refractivity contribution is 5.81. The van der Waals surface area contributed by atoms with E-state index in [1.807, 2.05) is 6.20 Å². The number of aryl methyl sites for hydroxylation is 2. The molecule has 0 N–H and O–H groups in total. The second kappa shape index (κ2) is 6.68. The van der Waals surface area contributed by atoms with Crippen LogP contribution in [-0.4, -0.2) is 50.8 Å². The van der Waals surface area contributed by atoms with Crippen molar-refractivity contribution in [3.63, 3.8) is 0 Å². The highest BCUT2D eigenvalue weighted by atomic mass is 15.3. The maximum atomic E-state index is 4.80. The van der Waals surface area contributed by atoms with Crippen molar-refractivity contribution in [2.45, 2.75) is 32.4 Å². The Morgan fingerprint density at radius 2 is 1.88 bits per heavy atom. The quantitative estimate of drug-likeness (QED) is 0.728. The van der Waals surface area contributed by atoms with Gasteiger partial charge >= 0.3 is 0 Å². The van der Waals surface area contributed by atoms with Crippen molar-refractivity contribution in [1.82, 2.24) is 24.6 Å². The van der Waals surface area contributed by atoms with E-state index in [0.29, 0.717) is 0 Å². The van der Waals surface area contributed by atoms with Gasteiger partial charge in [0, 0.05) is 62.2 Å². The van der Waals surface area contributed by atoms with Crippen molar-refractivity contribution in [1.29, 1.82) is 0 Å². The molecule has 0 aliphatic carbocycles. The molecule has 6 heteroatoms. The van der Waals surface area contributed by atoms with Gasteiger partial charge in [-0.3, -0.25) is 9.58 Å². The van der Waals surface area contributed by atoms with Gasteiger partial charge in [-0.05, 0) is 43.5 Å². The topological polar surface area (TPSA) is 50.1 Å². The minimum atomic E-state index is 0.972. The largest absolute Gasteiger partial charge is 0.369 e. The second-order valence-electron chi connectivity index (χ2n) is 7.34. The molecular formula is C20H24N6. The molecule has 0 saturated carbocycles. The van der Waals surface area contributed by atoms with Crippen LogP contribution >= 0.6 is 0 Å². The molecule has 2 aromatic heterocycles. The number of anilines is 1. The molecule has 0 spiro atoms. The summed E-state index contributed by atoms with van der Waals surface area (Å²) in [5, 5.41) is 5.91. The normalized spacial score (nSPS) is 18.2. The zero-order valence-corrected chi connectivity index (χ0v) is 15.0. The molecule has 0 amide bonds. The third-order valence-electron chi connectivity index (χ3n) is 5.58. The molecular weight excluding hydrogens is 324 g/mol. The average Bonchev–Trinajstić information content (AvgIpc) is 3.10. The fraction of sp³-hybridized carbons (Fsp3) is 0.450. The Labute approximate surface area is 153 Å². The van der Waals surface area contributed by atoms with Crippen LogP contribution in [0.3, 0.4) is 0 Å². The molecule has 2 aliphatic heterocycles. The fourth-order valence-electron chi connectivity index (χ4n) is 4.12. The second-order valence-corrected chi connectivity index (χ2v) is 7.34. The van der Waals surface area contributed by atoms with E-state index in [9.17, 15) is 0 Å². The third kappa shape index (κ3) is 3.05. The van der Waals surface area contributed by atoms with Crippen LogP contribution in [0.5, 0.6) is 0 Å². The average molecular weight is 348 g/mol. The maximum absolute atomic E-state index is 4.80. The number of piperazine rings is 1. The summed E-state index contributed by atoms with van der Waals surface area (Å²) in [6.45, 7) is 6.31. The zero-order chi connectivity index (χ0) is 17.3. The van der Waals surface area contributed by atoms with E-state index in [2.05, 4.69) is 48.7 Å². The SMILES string of the molecule is c1ncc2cc(N3CCN(Cc4cc5n(n4)CCCC5)CC3)ccc2n1. The van der Waals surface area contributed by atoms with Gasteiger partial charge in [0.05, 0.1) is 11.2 Å². The lowest BCUT2D eigenvalue weighted by atomic mass is 10.1. The van der Waals surface area contributed by atoms with Crippen molar-refractivity contribution in [3.05, 3.63) is 48.2 Å². The maximum Gasteiger partial charge on any atom is 0.116 e. The number of benzene rings is 1. The summed E-state index contributed by atoms with van der Waals surface area (Å²) in [5.41, 5.74) is 4.93. The summed E-state index contributed by atoms with van der Waals surface area (Å²) in [6, 6.07) is 8.78. The van der Waals surface area contributed by atoms with Crippen molar-refractivity contribution in [2.75, 3.05) is 31.1 Å². The first kappa shape index (κ1) is 15.8. The number of hydrogen-bond acceptors (Lipinski definition) is 5. The van der Waals surface area contributed by atoms with Crippen LogP contribution in [0.15, 0.2) is 36.8 Å². The molecule has 0 bridgehead atoms. The molecule has 6 nitrogen and oxygen atoms in total. The summed E-state index contributed by atoms with van der Waals surface area (Å²) in [4.78, 5) is 13.4. The Balaban J connectivity index is 1.23. The molecule has 5 rings (SSSR count). The highest BCUT2D eigenvalue weighted by Crippen LogP contribution is 2.22. The van der Waals surface area contributed by atoms with Gasteiger partial charge in [0.15, 0.2) is 0 Å². The molecule has 4 heterocycles. The fourth-order valence-corrected chi connectivity index (χ4v) is 4.12. The predicted octanol–water partition coefficient (Wildman–Crippen LogP) is 2.48. The lowest BCUT2D eigenvalue weighted by Gasteiger charge is -2.35. The lowest BCUT2D eigenvalue weighted by Crippen LogP contribution is -2.46. The van der Waals surface area contributed by atoms with Crippen LogP contribution < -0.4 is 4.90 Å². The van der Waals surface area contributed by atoms with Crippen molar-refractivity contribution in [3.8, 4) is 0 Å². The van der Waals surface area contributed by atoms with Gasteiger partial charge in [0.1, 0.15) is 6.33 Å².